The minimum absolute atomic E-state index is 0.263. The van der Waals surface area contributed by atoms with E-state index in [0.717, 1.165) is 35.4 Å². The van der Waals surface area contributed by atoms with Gasteiger partial charge in [0.15, 0.2) is 5.82 Å². The molecule has 0 saturated heterocycles. The van der Waals surface area contributed by atoms with Crippen LogP contribution in [0.25, 0.3) is 16.7 Å². The molecule has 0 aliphatic carbocycles. The molecule has 2 aromatic heterocycles. The second-order valence-corrected chi connectivity index (χ2v) is 9.37. The van der Waals surface area contributed by atoms with E-state index in [1.165, 1.54) is 12.3 Å². The fourth-order valence-electron chi connectivity index (χ4n) is 3.90. The third-order valence-electron chi connectivity index (χ3n) is 6.00. The average Bonchev–Trinajstić information content (AvgIpc) is 3.35. The van der Waals surface area contributed by atoms with Crippen LogP contribution in [-0.2, 0) is 4.79 Å². The molecule has 0 spiro atoms. The molecule has 1 amide bonds. The molecular formula is C27H31ClN8O3. The first-order valence-corrected chi connectivity index (χ1v) is 12.4. The van der Waals surface area contributed by atoms with Crippen molar-refractivity contribution in [1.82, 2.24) is 24.6 Å². The molecule has 2 N–H and O–H groups in total. The van der Waals surface area contributed by atoms with E-state index in [4.69, 9.17) is 21.1 Å². The van der Waals surface area contributed by atoms with Gasteiger partial charge in [-0.05, 0) is 44.4 Å². The van der Waals surface area contributed by atoms with E-state index in [0.29, 0.717) is 28.0 Å². The van der Waals surface area contributed by atoms with Crippen molar-refractivity contribution in [1.29, 1.82) is 0 Å². The summed E-state index contributed by atoms with van der Waals surface area (Å²) in [6.45, 7) is 5.12. The summed E-state index contributed by atoms with van der Waals surface area (Å²) in [6.07, 6.45) is 4.44. The van der Waals surface area contributed by atoms with Crippen LogP contribution in [0.2, 0.25) is 5.02 Å². The monoisotopic (exact) mass is 550 g/mol. The van der Waals surface area contributed by atoms with E-state index in [9.17, 15) is 4.79 Å². The highest BCUT2D eigenvalue weighted by Crippen LogP contribution is 2.38. The molecule has 0 unspecified atom stereocenters. The summed E-state index contributed by atoms with van der Waals surface area (Å²) in [5, 5.41) is 11.7. The zero-order chi connectivity index (χ0) is 28.1. The van der Waals surface area contributed by atoms with Gasteiger partial charge in [-0.3, -0.25) is 4.79 Å². The van der Waals surface area contributed by atoms with E-state index >= 15 is 0 Å². The standard InChI is InChI=1S/C27H31ClN8O3/c1-7-25(37)31-20-13-21(24(39-6)14-23(20)35(4)11-10-34(2)3)32-27-29-16-19(28)26(33-27)36-22-9-8-18(38-5)12-17(22)15-30-36/h7-9,12-16H,1,10-11H2,2-6H3,(H,31,37)(H,29,32,33). The van der Waals surface area contributed by atoms with Crippen LogP contribution in [0.1, 0.15) is 0 Å². The second kappa shape index (κ2) is 12.0. The summed E-state index contributed by atoms with van der Waals surface area (Å²) in [4.78, 5) is 25.3. The van der Waals surface area contributed by atoms with Crippen molar-refractivity contribution in [3.05, 3.63) is 60.4 Å². The summed E-state index contributed by atoms with van der Waals surface area (Å²) in [7, 11) is 9.15. The molecule has 0 aliphatic rings. The number of nitrogens with zero attached hydrogens (tertiary/aromatic N) is 6. The molecule has 4 rings (SSSR count). The van der Waals surface area contributed by atoms with Crippen LogP contribution in [0, 0.1) is 0 Å². The molecule has 39 heavy (non-hydrogen) atoms. The quantitative estimate of drug-likeness (QED) is 0.263. The van der Waals surface area contributed by atoms with Crippen LogP contribution in [0.15, 0.2) is 55.4 Å². The van der Waals surface area contributed by atoms with Gasteiger partial charge in [0.1, 0.15) is 16.5 Å². The number of carbonyl (C=O) groups excluding carboxylic acids is 1. The first kappa shape index (κ1) is 27.7. The number of fused-ring (bicyclic) bond motifs is 1. The zero-order valence-corrected chi connectivity index (χ0v) is 23.3. The Morgan fingerprint density at radius 3 is 2.59 bits per heavy atom. The minimum atomic E-state index is -0.333. The van der Waals surface area contributed by atoms with Gasteiger partial charge in [0, 0.05) is 31.6 Å². The van der Waals surface area contributed by atoms with E-state index in [-0.39, 0.29) is 11.9 Å². The largest absolute Gasteiger partial charge is 0.497 e. The molecular weight excluding hydrogens is 520 g/mol. The van der Waals surface area contributed by atoms with E-state index in [1.807, 2.05) is 50.3 Å². The minimum Gasteiger partial charge on any atom is -0.497 e. The molecule has 0 aliphatic heterocycles. The van der Waals surface area contributed by atoms with Crippen LogP contribution in [-0.4, -0.2) is 79.0 Å². The molecule has 4 aromatic rings. The number of aromatic nitrogens is 4. The fraction of sp³-hybridized carbons (Fsp3) is 0.259. The van der Waals surface area contributed by atoms with Gasteiger partial charge in [-0.15, -0.1) is 0 Å². The molecule has 2 heterocycles. The number of halogens is 1. The van der Waals surface area contributed by atoms with Gasteiger partial charge in [0.2, 0.25) is 11.9 Å². The summed E-state index contributed by atoms with van der Waals surface area (Å²) < 4.78 is 12.6. The maximum absolute atomic E-state index is 12.2. The van der Waals surface area contributed by atoms with E-state index in [2.05, 4.69) is 37.2 Å². The van der Waals surface area contributed by atoms with Crippen molar-refractivity contribution in [2.24, 2.45) is 0 Å². The molecule has 2 aromatic carbocycles. The topological polar surface area (TPSA) is 110 Å². The number of ether oxygens (including phenoxy) is 2. The molecule has 0 saturated carbocycles. The lowest BCUT2D eigenvalue weighted by molar-refractivity contribution is -0.111. The predicted molar refractivity (Wildman–Crippen MR) is 155 cm³/mol. The lowest BCUT2D eigenvalue weighted by Gasteiger charge is -2.26. The van der Waals surface area contributed by atoms with Crippen LogP contribution in [0.4, 0.5) is 23.0 Å². The highest BCUT2D eigenvalue weighted by Gasteiger charge is 2.18. The van der Waals surface area contributed by atoms with Crippen LogP contribution >= 0.6 is 11.6 Å². The molecule has 0 radical (unpaired) electrons. The predicted octanol–water partition coefficient (Wildman–Crippen LogP) is 4.35. The number of nitrogens with one attached hydrogen (secondary N) is 2. The maximum atomic E-state index is 12.2. The van der Waals surface area contributed by atoms with Crippen LogP contribution in [0.3, 0.4) is 0 Å². The Balaban J connectivity index is 1.72. The molecule has 0 bridgehead atoms. The number of hydrogen-bond acceptors (Lipinski definition) is 9. The highest BCUT2D eigenvalue weighted by atomic mass is 35.5. The summed E-state index contributed by atoms with van der Waals surface area (Å²) >= 11 is 6.49. The third-order valence-corrected chi connectivity index (χ3v) is 6.27. The lowest BCUT2D eigenvalue weighted by Crippen LogP contribution is -2.29. The number of anilines is 4. The van der Waals surface area contributed by atoms with Crippen molar-refractivity contribution in [2.45, 2.75) is 0 Å². The van der Waals surface area contributed by atoms with Gasteiger partial charge in [0.25, 0.3) is 0 Å². The lowest BCUT2D eigenvalue weighted by atomic mass is 10.2. The van der Waals surface area contributed by atoms with Gasteiger partial charge < -0.3 is 29.9 Å². The summed E-state index contributed by atoms with van der Waals surface area (Å²) in [6, 6.07) is 9.23. The van der Waals surface area contributed by atoms with Crippen molar-refractivity contribution < 1.29 is 14.3 Å². The van der Waals surface area contributed by atoms with Crippen LogP contribution in [0.5, 0.6) is 11.5 Å². The smallest absolute Gasteiger partial charge is 0.247 e. The van der Waals surface area contributed by atoms with Crippen molar-refractivity contribution in [3.63, 3.8) is 0 Å². The van der Waals surface area contributed by atoms with Gasteiger partial charge >= 0.3 is 0 Å². The number of amides is 1. The number of rotatable bonds is 11. The normalized spacial score (nSPS) is 10.9. The molecule has 0 fully saturated rings. The van der Waals surface area contributed by atoms with Gasteiger partial charge in [0.05, 0.1) is 49.2 Å². The Hall–Kier alpha value is -4.35. The van der Waals surface area contributed by atoms with Crippen molar-refractivity contribution in [2.75, 3.05) is 64.0 Å². The number of carbonyl (C=O) groups is 1. The SMILES string of the molecule is C=CC(=O)Nc1cc(Nc2ncc(Cl)c(-n3ncc4cc(OC)ccc43)n2)c(OC)cc1N(C)CCN(C)C. The van der Waals surface area contributed by atoms with Gasteiger partial charge in [-0.1, -0.05) is 18.2 Å². The maximum Gasteiger partial charge on any atom is 0.247 e. The van der Waals surface area contributed by atoms with Crippen LogP contribution < -0.4 is 25.0 Å². The zero-order valence-electron chi connectivity index (χ0n) is 22.5. The number of benzene rings is 2. The Morgan fingerprint density at radius 2 is 1.90 bits per heavy atom. The Labute approximate surface area is 232 Å². The Kier molecular flexibility index (Phi) is 8.52. The summed E-state index contributed by atoms with van der Waals surface area (Å²) in [5.74, 6) is 1.59. The first-order valence-electron chi connectivity index (χ1n) is 12.1. The van der Waals surface area contributed by atoms with Gasteiger partial charge in [-0.2, -0.15) is 10.1 Å². The van der Waals surface area contributed by atoms with Crippen molar-refractivity contribution in [3.8, 4) is 17.3 Å². The second-order valence-electron chi connectivity index (χ2n) is 8.96. The number of likely N-dealkylation sites (N-methyl/N-ethyl adjacent to an activating group) is 2. The third kappa shape index (κ3) is 6.21. The molecule has 12 heteroatoms. The first-order chi connectivity index (χ1) is 18.7. The molecule has 11 nitrogen and oxygen atoms in total. The Bertz CT molecular complexity index is 1500. The highest BCUT2D eigenvalue weighted by molar-refractivity contribution is 6.32. The average molecular weight is 551 g/mol. The molecule has 204 valence electrons. The Morgan fingerprint density at radius 1 is 1.10 bits per heavy atom. The summed E-state index contributed by atoms with van der Waals surface area (Å²) in [5.41, 5.74) is 2.71. The van der Waals surface area contributed by atoms with Crippen molar-refractivity contribution >= 4 is 51.4 Å². The number of methoxy groups -OCH3 is 2. The van der Waals surface area contributed by atoms with E-state index in [1.54, 1.807) is 31.2 Å². The molecule has 0 atom stereocenters. The fourth-order valence-corrected chi connectivity index (χ4v) is 4.07. The van der Waals surface area contributed by atoms with E-state index < -0.39 is 0 Å². The number of hydrogen-bond donors (Lipinski definition) is 2. The van der Waals surface area contributed by atoms with Gasteiger partial charge in [-0.25, -0.2) is 9.67 Å².